The van der Waals surface area contributed by atoms with E-state index in [2.05, 4.69) is 0 Å². The summed E-state index contributed by atoms with van der Waals surface area (Å²) in [7, 11) is 0. The summed E-state index contributed by atoms with van der Waals surface area (Å²) in [5, 5.41) is 0.931. The fraction of sp³-hybridized carbons (Fsp3) is 0.0476. The van der Waals surface area contributed by atoms with Crippen molar-refractivity contribution < 1.29 is 9.18 Å². The molecule has 0 aliphatic carbocycles. The van der Waals surface area contributed by atoms with Gasteiger partial charge in [-0.1, -0.05) is 29.5 Å². The summed E-state index contributed by atoms with van der Waals surface area (Å²) >= 11 is 1.19. The highest BCUT2D eigenvalue weighted by molar-refractivity contribution is 7.22. The van der Waals surface area contributed by atoms with Gasteiger partial charge in [0.1, 0.15) is 10.6 Å². The SMILES string of the molecule is Cc1cc(C(=O)c2c(N)sc3c2ccc(=O)n3-c2ccccc2)ccc1F. The summed E-state index contributed by atoms with van der Waals surface area (Å²) < 4.78 is 15.1. The Hall–Kier alpha value is -3.25. The molecular formula is C21H15FN2O2S. The van der Waals surface area contributed by atoms with E-state index >= 15 is 0 Å². The number of halogens is 1. The second-order valence-electron chi connectivity index (χ2n) is 6.20. The first-order chi connectivity index (χ1) is 13.0. The van der Waals surface area contributed by atoms with Crippen LogP contribution >= 0.6 is 11.3 Å². The van der Waals surface area contributed by atoms with E-state index in [1.807, 2.05) is 30.3 Å². The molecule has 2 N–H and O–H groups in total. The van der Waals surface area contributed by atoms with Crippen LogP contribution in [0.4, 0.5) is 9.39 Å². The van der Waals surface area contributed by atoms with Gasteiger partial charge in [0.2, 0.25) is 0 Å². The normalized spacial score (nSPS) is 11.0. The minimum absolute atomic E-state index is 0.202. The molecule has 4 nitrogen and oxygen atoms in total. The second-order valence-corrected chi connectivity index (χ2v) is 7.23. The Morgan fingerprint density at radius 1 is 1.07 bits per heavy atom. The van der Waals surface area contributed by atoms with Crippen LogP contribution in [0.5, 0.6) is 0 Å². The summed E-state index contributed by atoms with van der Waals surface area (Å²) in [6.07, 6.45) is 0. The Bertz CT molecular complexity index is 1240. The maximum atomic E-state index is 13.5. The lowest BCUT2D eigenvalue weighted by Crippen LogP contribution is -2.16. The number of nitrogens with zero attached hydrogens (tertiary/aromatic N) is 1. The molecule has 0 fully saturated rings. The number of hydrogen-bond donors (Lipinski definition) is 1. The molecule has 2 aromatic carbocycles. The lowest BCUT2D eigenvalue weighted by Gasteiger charge is -2.07. The van der Waals surface area contributed by atoms with Crippen molar-refractivity contribution in [3.8, 4) is 5.69 Å². The molecule has 0 radical (unpaired) electrons. The summed E-state index contributed by atoms with van der Waals surface area (Å²) in [4.78, 5) is 26.1. The number of para-hydroxylation sites is 1. The molecule has 0 saturated heterocycles. The van der Waals surface area contributed by atoms with Crippen molar-refractivity contribution in [2.75, 3.05) is 5.73 Å². The number of ketones is 1. The van der Waals surface area contributed by atoms with Crippen molar-refractivity contribution in [1.29, 1.82) is 0 Å². The van der Waals surface area contributed by atoms with Crippen LogP contribution in [0.25, 0.3) is 15.9 Å². The van der Waals surface area contributed by atoms with Crippen LogP contribution in [-0.4, -0.2) is 10.4 Å². The fourth-order valence-corrected chi connectivity index (χ4v) is 4.17. The van der Waals surface area contributed by atoms with Gasteiger partial charge < -0.3 is 5.73 Å². The summed E-state index contributed by atoms with van der Waals surface area (Å²) in [6, 6.07) is 16.5. The third-order valence-electron chi connectivity index (χ3n) is 4.43. The van der Waals surface area contributed by atoms with Gasteiger partial charge in [-0.15, -0.1) is 0 Å². The number of nitrogen functional groups attached to an aromatic ring is 1. The van der Waals surface area contributed by atoms with E-state index in [1.165, 1.54) is 35.6 Å². The highest BCUT2D eigenvalue weighted by Crippen LogP contribution is 2.35. The zero-order chi connectivity index (χ0) is 19.1. The van der Waals surface area contributed by atoms with Gasteiger partial charge in [-0.25, -0.2) is 4.39 Å². The monoisotopic (exact) mass is 378 g/mol. The maximum Gasteiger partial charge on any atom is 0.256 e. The number of anilines is 1. The van der Waals surface area contributed by atoms with Gasteiger partial charge in [0.15, 0.2) is 5.78 Å². The molecule has 0 unspecified atom stereocenters. The van der Waals surface area contributed by atoms with Crippen LogP contribution in [0.2, 0.25) is 0 Å². The lowest BCUT2D eigenvalue weighted by molar-refractivity contribution is 0.104. The summed E-state index contributed by atoms with van der Waals surface area (Å²) in [5.41, 5.74) is 7.75. The average Bonchev–Trinajstić information content (AvgIpc) is 2.99. The number of fused-ring (bicyclic) bond motifs is 1. The Balaban J connectivity index is 1.95. The Morgan fingerprint density at radius 3 is 2.52 bits per heavy atom. The third-order valence-corrected chi connectivity index (χ3v) is 5.45. The predicted octanol–water partition coefficient (Wildman–Crippen LogP) is 4.31. The Kier molecular flexibility index (Phi) is 4.12. The molecule has 6 heteroatoms. The van der Waals surface area contributed by atoms with Crippen molar-refractivity contribution in [2.45, 2.75) is 6.92 Å². The van der Waals surface area contributed by atoms with E-state index in [1.54, 1.807) is 17.6 Å². The predicted molar refractivity (Wildman–Crippen MR) is 106 cm³/mol. The number of rotatable bonds is 3. The second kappa shape index (κ2) is 6.48. The van der Waals surface area contributed by atoms with Crippen LogP contribution < -0.4 is 11.3 Å². The topological polar surface area (TPSA) is 65.1 Å². The van der Waals surface area contributed by atoms with Crippen molar-refractivity contribution in [2.24, 2.45) is 0 Å². The molecule has 2 aromatic heterocycles. The zero-order valence-corrected chi connectivity index (χ0v) is 15.2. The zero-order valence-electron chi connectivity index (χ0n) is 14.4. The molecule has 0 spiro atoms. The standard InChI is InChI=1S/C21H15FN2O2S/c1-12-11-13(7-9-16(12)22)19(26)18-15-8-10-17(25)24(21(15)27-20(18)23)14-5-3-2-4-6-14/h2-11H,23H2,1H3. The number of aromatic nitrogens is 1. The van der Waals surface area contributed by atoms with Crippen LogP contribution in [0.1, 0.15) is 21.5 Å². The van der Waals surface area contributed by atoms with Gasteiger partial charge in [-0.3, -0.25) is 14.2 Å². The summed E-state index contributed by atoms with van der Waals surface area (Å²) in [5.74, 6) is -0.660. The number of nitrogens with two attached hydrogens (primary N) is 1. The van der Waals surface area contributed by atoms with Crippen LogP contribution in [-0.2, 0) is 0 Å². The van der Waals surface area contributed by atoms with Gasteiger partial charge in [0, 0.05) is 17.0 Å². The Morgan fingerprint density at radius 2 is 1.81 bits per heavy atom. The number of hydrogen-bond acceptors (Lipinski definition) is 4. The fourth-order valence-electron chi connectivity index (χ4n) is 3.09. The molecule has 0 atom stereocenters. The largest absolute Gasteiger partial charge is 0.390 e. The minimum Gasteiger partial charge on any atom is -0.390 e. The van der Waals surface area contributed by atoms with Gasteiger partial charge in [-0.05, 0) is 48.9 Å². The van der Waals surface area contributed by atoms with E-state index in [0.29, 0.717) is 37.6 Å². The smallest absolute Gasteiger partial charge is 0.256 e. The molecule has 0 bridgehead atoms. The Labute approximate surface area is 158 Å². The number of carbonyl (C=O) groups excluding carboxylic acids is 1. The first-order valence-corrected chi connectivity index (χ1v) is 9.09. The number of carbonyl (C=O) groups is 1. The van der Waals surface area contributed by atoms with Crippen LogP contribution in [0.3, 0.4) is 0 Å². The number of benzene rings is 2. The van der Waals surface area contributed by atoms with E-state index in [0.717, 1.165) is 0 Å². The molecule has 4 rings (SSSR count). The molecule has 0 amide bonds. The molecule has 0 saturated carbocycles. The molecule has 4 aromatic rings. The third kappa shape index (κ3) is 2.84. The molecule has 27 heavy (non-hydrogen) atoms. The highest BCUT2D eigenvalue weighted by Gasteiger charge is 2.22. The van der Waals surface area contributed by atoms with E-state index in [-0.39, 0.29) is 17.2 Å². The maximum absolute atomic E-state index is 13.5. The average molecular weight is 378 g/mol. The first-order valence-electron chi connectivity index (χ1n) is 8.27. The number of thiophene rings is 1. The molecule has 0 aliphatic heterocycles. The van der Waals surface area contributed by atoms with E-state index in [9.17, 15) is 14.0 Å². The van der Waals surface area contributed by atoms with Crippen molar-refractivity contribution in [3.63, 3.8) is 0 Å². The van der Waals surface area contributed by atoms with Gasteiger partial charge in [0.05, 0.1) is 16.3 Å². The molecule has 2 heterocycles. The van der Waals surface area contributed by atoms with Crippen LogP contribution in [0, 0.1) is 12.7 Å². The molecular weight excluding hydrogens is 363 g/mol. The molecule has 134 valence electrons. The molecule has 0 aliphatic rings. The highest BCUT2D eigenvalue weighted by atomic mass is 32.1. The van der Waals surface area contributed by atoms with E-state index < -0.39 is 0 Å². The first kappa shape index (κ1) is 17.2. The quantitative estimate of drug-likeness (QED) is 0.540. The van der Waals surface area contributed by atoms with Gasteiger partial charge >= 0.3 is 0 Å². The lowest BCUT2D eigenvalue weighted by atomic mass is 10.0. The summed E-state index contributed by atoms with van der Waals surface area (Å²) in [6.45, 7) is 1.61. The van der Waals surface area contributed by atoms with Crippen molar-refractivity contribution in [3.05, 3.63) is 93.5 Å². The van der Waals surface area contributed by atoms with E-state index in [4.69, 9.17) is 5.73 Å². The minimum atomic E-state index is -0.368. The van der Waals surface area contributed by atoms with Gasteiger partial charge in [-0.2, -0.15) is 0 Å². The van der Waals surface area contributed by atoms with Crippen molar-refractivity contribution in [1.82, 2.24) is 4.57 Å². The van der Waals surface area contributed by atoms with Gasteiger partial charge in [0.25, 0.3) is 5.56 Å². The number of pyridine rings is 1. The van der Waals surface area contributed by atoms with Crippen LogP contribution in [0.15, 0.2) is 65.5 Å². The number of aryl methyl sites for hydroxylation is 1. The van der Waals surface area contributed by atoms with Crippen molar-refractivity contribution >= 4 is 32.3 Å².